The molecule has 1 unspecified atom stereocenters. The lowest BCUT2D eigenvalue weighted by atomic mass is 10.4. The van der Waals surface area contributed by atoms with Gasteiger partial charge in [-0.1, -0.05) is 5.16 Å². The smallest absolute Gasteiger partial charge is 0.331 e. The van der Waals surface area contributed by atoms with Gasteiger partial charge in [-0.05, 0) is 26.8 Å². The summed E-state index contributed by atoms with van der Waals surface area (Å²) in [5.41, 5.74) is 0.737. The molecule has 2 aromatic rings. The lowest BCUT2D eigenvalue weighted by molar-refractivity contribution is -0.143. The van der Waals surface area contributed by atoms with Crippen LogP contribution in [-0.2, 0) is 9.53 Å². The zero-order valence-electron chi connectivity index (χ0n) is 10.8. The first-order valence-corrected chi connectivity index (χ1v) is 6.53. The van der Waals surface area contributed by atoms with Gasteiger partial charge in [0.25, 0.3) is 5.89 Å². The Morgan fingerprint density at radius 3 is 2.84 bits per heavy atom. The highest BCUT2D eigenvalue weighted by Gasteiger charge is 2.16. The zero-order chi connectivity index (χ0) is 13.8. The quantitative estimate of drug-likeness (QED) is 0.632. The fraction of sp³-hybridized carbons (Fsp3) is 0.333. The van der Waals surface area contributed by atoms with Crippen LogP contribution in [0.15, 0.2) is 16.0 Å². The van der Waals surface area contributed by atoms with Crippen molar-refractivity contribution in [2.24, 2.45) is 0 Å². The summed E-state index contributed by atoms with van der Waals surface area (Å²) in [6.45, 7) is 5.28. The molecule has 100 valence electrons. The fourth-order valence-electron chi connectivity index (χ4n) is 1.35. The summed E-state index contributed by atoms with van der Waals surface area (Å²) in [7, 11) is 0. The van der Waals surface area contributed by atoms with Gasteiger partial charge in [0.05, 0.1) is 10.7 Å². The van der Waals surface area contributed by atoms with Gasteiger partial charge < -0.3 is 9.26 Å². The number of hydrogen-bond acceptors (Lipinski definition) is 7. The number of aromatic nitrogens is 3. The van der Waals surface area contributed by atoms with Gasteiger partial charge in [0.1, 0.15) is 0 Å². The van der Waals surface area contributed by atoms with Gasteiger partial charge in [0, 0.05) is 11.5 Å². The van der Waals surface area contributed by atoms with Crippen molar-refractivity contribution in [2.45, 2.75) is 26.9 Å². The third kappa shape index (κ3) is 3.72. The van der Waals surface area contributed by atoms with E-state index in [9.17, 15) is 4.79 Å². The van der Waals surface area contributed by atoms with Crippen LogP contribution >= 0.6 is 11.3 Å². The maximum Gasteiger partial charge on any atom is 0.331 e. The average Bonchev–Trinajstić information content (AvgIpc) is 2.95. The molecule has 0 aliphatic heterocycles. The van der Waals surface area contributed by atoms with Crippen molar-refractivity contribution >= 4 is 23.4 Å². The van der Waals surface area contributed by atoms with E-state index in [1.807, 2.05) is 12.3 Å². The Hall–Kier alpha value is -2.02. The second-order valence-corrected chi connectivity index (χ2v) is 4.95. The number of rotatable bonds is 4. The van der Waals surface area contributed by atoms with E-state index < -0.39 is 12.1 Å². The first-order valence-electron chi connectivity index (χ1n) is 5.65. The molecular formula is C12H13N3O3S. The number of hydrogen-bond donors (Lipinski definition) is 0. The Balaban J connectivity index is 1.92. The van der Waals surface area contributed by atoms with E-state index >= 15 is 0 Å². The summed E-state index contributed by atoms with van der Waals surface area (Å²) in [6.07, 6.45) is 2.36. The van der Waals surface area contributed by atoms with Crippen LogP contribution in [0.4, 0.5) is 0 Å². The molecule has 0 spiro atoms. The minimum Gasteiger partial charge on any atom is -0.449 e. The number of ether oxygens (including phenoxy) is 1. The second kappa shape index (κ2) is 5.75. The molecule has 0 bridgehead atoms. The molecule has 0 saturated heterocycles. The lowest BCUT2D eigenvalue weighted by Gasteiger charge is -2.05. The predicted molar refractivity (Wildman–Crippen MR) is 69.4 cm³/mol. The van der Waals surface area contributed by atoms with E-state index in [2.05, 4.69) is 15.1 Å². The highest BCUT2D eigenvalue weighted by atomic mass is 32.1. The van der Waals surface area contributed by atoms with Crippen molar-refractivity contribution in [1.82, 2.24) is 15.1 Å². The summed E-state index contributed by atoms with van der Waals surface area (Å²) in [6, 6.07) is 0. The van der Waals surface area contributed by atoms with Crippen LogP contribution in [0.2, 0.25) is 0 Å². The molecule has 19 heavy (non-hydrogen) atoms. The van der Waals surface area contributed by atoms with E-state index in [-0.39, 0.29) is 5.89 Å². The first-order chi connectivity index (χ1) is 9.04. The Morgan fingerprint density at radius 2 is 2.26 bits per heavy atom. The molecule has 0 fully saturated rings. The molecule has 0 amide bonds. The van der Waals surface area contributed by atoms with Crippen molar-refractivity contribution < 1.29 is 14.1 Å². The van der Waals surface area contributed by atoms with Crippen LogP contribution in [0.3, 0.4) is 0 Å². The molecule has 0 radical (unpaired) electrons. The third-order valence-corrected chi connectivity index (χ3v) is 3.00. The van der Waals surface area contributed by atoms with Gasteiger partial charge in [-0.2, -0.15) is 4.98 Å². The molecule has 0 saturated carbocycles. The largest absolute Gasteiger partial charge is 0.449 e. The topological polar surface area (TPSA) is 78.1 Å². The molecule has 0 N–H and O–H groups in total. The Morgan fingerprint density at radius 1 is 1.47 bits per heavy atom. The third-order valence-electron chi connectivity index (χ3n) is 2.21. The normalized spacial score (nSPS) is 12.8. The molecule has 6 nitrogen and oxygen atoms in total. The van der Waals surface area contributed by atoms with Crippen LogP contribution in [0, 0.1) is 13.8 Å². The van der Waals surface area contributed by atoms with E-state index in [4.69, 9.17) is 9.26 Å². The average molecular weight is 279 g/mol. The molecule has 1 atom stereocenters. The van der Waals surface area contributed by atoms with Crippen LogP contribution in [0.5, 0.6) is 0 Å². The minimum atomic E-state index is -0.574. The first kappa shape index (κ1) is 13.4. The number of nitrogens with zero attached hydrogens (tertiary/aromatic N) is 3. The summed E-state index contributed by atoms with van der Waals surface area (Å²) < 4.78 is 10.1. The van der Waals surface area contributed by atoms with E-state index in [1.54, 1.807) is 19.9 Å². The molecular weight excluding hydrogens is 266 g/mol. The molecule has 2 aromatic heterocycles. The summed E-state index contributed by atoms with van der Waals surface area (Å²) >= 11 is 1.52. The Kier molecular flexibility index (Phi) is 4.06. The molecule has 2 heterocycles. The van der Waals surface area contributed by atoms with Crippen LogP contribution in [-0.4, -0.2) is 21.1 Å². The predicted octanol–water partition coefficient (Wildman–Crippen LogP) is 2.46. The monoisotopic (exact) mass is 279 g/mol. The number of esters is 1. The van der Waals surface area contributed by atoms with Crippen LogP contribution < -0.4 is 0 Å². The number of aryl methyl sites for hydroxylation is 2. The van der Waals surface area contributed by atoms with E-state index in [1.165, 1.54) is 17.4 Å². The maximum absolute atomic E-state index is 11.6. The van der Waals surface area contributed by atoms with Crippen molar-refractivity contribution in [3.05, 3.63) is 33.9 Å². The van der Waals surface area contributed by atoms with Gasteiger partial charge >= 0.3 is 5.97 Å². The minimum absolute atomic E-state index is 0.281. The van der Waals surface area contributed by atoms with Gasteiger partial charge in [-0.25, -0.2) is 9.78 Å². The van der Waals surface area contributed by atoms with Gasteiger partial charge in [-0.15, -0.1) is 11.3 Å². The molecule has 0 aliphatic carbocycles. The summed E-state index contributed by atoms with van der Waals surface area (Å²) in [5, 5.41) is 6.45. The number of thiazole rings is 1. The second-order valence-electron chi connectivity index (χ2n) is 3.88. The molecule has 0 aromatic carbocycles. The van der Waals surface area contributed by atoms with E-state index in [0.29, 0.717) is 5.82 Å². The number of carbonyl (C=O) groups excluding carboxylic acids is 1. The van der Waals surface area contributed by atoms with Crippen molar-refractivity contribution in [2.75, 3.05) is 0 Å². The van der Waals surface area contributed by atoms with Crippen LogP contribution in [0.25, 0.3) is 6.08 Å². The SMILES string of the molecule is Cc1noc(C(C)OC(=O)C=Cc2csc(C)n2)n1. The lowest BCUT2D eigenvalue weighted by Crippen LogP contribution is -2.06. The Bertz CT molecular complexity index is 603. The zero-order valence-corrected chi connectivity index (χ0v) is 11.6. The Labute approximate surface area is 114 Å². The van der Waals surface area contributed by atoms with Crippen molar-refractivity contribution in [3.63, 3.8) is 0 Å². The van der Waals surface area contributed by atoms with Crippen LogP contribution in [0.1, 0.15) is 35.4 Å². The maximum atomic E-state index is 11.6. The summed E-state index contributed by atoms with van der Waals surface area (Å²) in [4.78, 5) is 19.8. The van der Waals surface area contributed by atoms with Gasteiger partial charge in [-0.3, -0.25) is 0 Å². The van der Waals surface area contributed by atoms with Gasteiger partial charge in [0.15, 0.2) is 11.9 Å². The van der Waals surface area contributed by atoms with Gasteiger partial charge in [0.2, 0.25) is 0 Å². The molecule has 2 rings (SSSR count). The molecule has 7 heteroatoms. The standard InChI is InChI=1S/C12H13N3O3S/c1-7(12-13-8(2)15-18-12)17-11(16)5-4-10-6-19-9(3)14-10/h4-7H,1-3H3. The molecule has 0 aliphatic rings. The highest BCUT2D eigenvalue weighted by Crippen LogP contribution is 2.15. The fourth-order valence-corrected chi connectivity index (χ4v) is 1.93. The van der Waals surface area contributed by atoms with E-state index in [0.717, 1.165) is 10.7 Å². The van der Waals surface area contributed by atoms with Crippen molar-refractivity contribution in [3.8, 4) is 0 Å². The number of carbonyl (C=O) groups is 1. The summed E-state index contributed by atoms with van der Waals surface area (Å²) in [5.74, 6) is 0.309. The highest BCUT2D eigenvalue weighted by molar-refractivity contribution is 7.09. The van der Waals surface area contributed by atoms with Crippen molar-refractivity contribution in [1.29, 1.82) is 0 Å².